The van der Waals surface area contributed by atoms with Crippen LogP contribution in [0, 0.1) is 6.92 Å². The Morgan fingerprint density at radius 2 is 2.20 bits per heavy atom. The number of carbonyl (C=O) groups is 1. The molecule has 15 heavy (non-hydrogen) atoms. The Morgan fingerprint density at radius 3 is 2.67 bits per heavy atom. The van der Waals surface area contributed by atoms with Crippen LogP contribution in [-0.4, -0.2) is 23.1 Å². The number of rotatable bonds is 3. The van der Waals surface area contributed by atoms with Gasteiger partial charge in [0.1, 0.15) is 0 Å². The molecule has 0 bridgehead atoms. The van der Waals surface area contributed by atoms with E-state index in [0.29, 0.717) is 5.88 Å². The molecule has 1 heterocycles. The summed E-state index contributed by atoms with van der Waals surface area (Å²) in [6.45, 7) is 8.05. The number of amides is 1. The van der Waals surface area contributed by atoms with Crippen molar-refractivity contribution in [3.8, 4) is 0 Å². The average molecular weight is 211 g/mol. The highest BCUT2D eigenvalue weighted by Gasteiger charge is 2.12. The molecule has 1 rings (SSSR count). The van der Waals surface area contributed by atoms with Gasteiger partial charge >= 0.3 is 0 Å². The number of aromatic nitrogens is 1. The van der Waals surface area contributed by atoms with Crippen molar-refractivity contribution in [2.75, 3.05) is 11.9 Å². The van der Waals surface area contributed by atoms with E-state index in [4.69, 9.17) is 4.52 Å². The fourth-order valence-corrected chi connectivity index (χ4v) is 0.950. The van der Waals surface area contributed by atoms with Gasteiger partial charge in [0.2, 0.25) is 11.8 Å². The van der Waals surface area contributed by atoms with Crippen molar-refractivity contribution in [3.05, 3.63) is 11.8 Å². The number of hydrogen-bond acceptors (Lipinski definition) is 4. The Morgan fingerprint density at radius 1 is 1.53 bits per heavy atom. The van der Waals surface area contributed by atoms with Gasteiger partial charge in [-0.3, -0.25) is 10.1 Å². The summed E-state index contributed by atoms with van der Waals surface area (Å²) < 4.78 is 4.86. The van der Waals surface area contributed by atoms with Crippen LogP contribution in [0.2, 0.25) is 0 Å². The maximum Gasteiger partial charge on any atom is 0.240 e. The van der Waals surface area contributed by atoms with Gasteiger partial charge in [-0.05, 0) is 27.7 Å². The number of aryl methyl sites for hydroxylation is 1. The molecule has 5 heteroatoms. The number of carbonyl (C=O) groups excluding carboxylic acids is 1. The van der Waals surface area contributed by atoms with Crippen molar-refractivity contribution >= 4 is 11.8 Å². The van der Waals surface area contributed by atoms with Gasteiger partial charge in [-0.25, -0.2) is 0 Å². The minimum Gasteiger partial charge on any atom is -0.338 e. The van der Waals surface area contributed by atoms with Gasteiger partial charge in [0.05, 0.1) is 12.2 Å². The lowest BCUT2D eigenvalue weighted by Gasteiger charge is -2.19. The molecule has 0 saturated heterocycles. The zero-order valence-corrected chi connectivity index (χ0v) is 9.55. The van der Waals surface area contributed by atoms with Crippen LogP contribution >= 0.6 is 0 Å². The fourth-order valence-electron chi connectivity index (χ4n) is 0.950. The Bertz CT molecular complexity index is 339. The third kappa shape index (κ3) is 4.60. The third-order valence-electron chi connectivity index (χ3n) is 1.67. The number of anilines is 1. The van der Waals surface area contributed by atoms with Crippen LogP contribution in [0.15, 0.2) is 10.6 Å². The SMILES string of the molecule is Cc1cc(NC(=O)CNC(C)(C)C)on1. The van der Waals surface area contributed by atoms with E-state index in [9.17, 15) is 4.79 Å². The first-order valence-electron chi connectivity index (χ1n) is 4.85. The summed E-state index contributed by atoms with van der Waals surface area (Å²) in [5.74, 6) is 0.245. The Kier molecular flexibility index (Phi) is 3.47. The fraction of sp³-hybridized carbons (Fsp3) is 0.600. The lowest BCUT2D eigenvalue weighted by atomic mass is 10.1. The molecule has 5 nitrogen and oxygen atoms in total. The largest absolute Gasteiger partial charge is 0.338 e. The highest BCUT2D eigenvalue weighted by Crippen LogP contribution is 2.07. The van der Waals surface area contributed by atoms with Gasteiger partial charge in [0.15, 0.2) is 0 Å². The summed E-state index contributed by atoms with van der Waals surface area (Å²) in [4.78, 5) is 11.4. The molecule has 0 aliphatic heterocycles. The standard InChI is InChI=1S/C10H17N3O2/c1-7-5-9(15-13-7)12-8(14)6-11-10(2,3)4/h5,11H,6H2,1-4H3,(H,12,14). The molecule has 0 aliphatic carbocycles. The van der Waals surface area contributed by atoms with Crippen LogP contribution < -0.4 is 10.6 Å². The molecule has 0 atom stereocenters. The van der Waals surface area contributed by atoms with E-state index in [1.807, 2.05) is 20.8 Å². The van der Waals surface area contributed by atoms with E-state index in [1.165, 1.54) is 0 Å². The van der Waals surface area contributed by atoms with Crippen molar-refractivity contribution in [1.82, 2.24) is 10.5 Å². The van der Waals surface area contributed by atoms with Gasteiger partial charge in [-0.1, -0.05) is 5.16 Å². The van der Waals surface area contributed by atoms with Crippen LogP contribution in [0.4, 0.5) is 5.88 Å². The first kappa shape index (κ1) is 11.7. The summed E-state index contributed by atoms with van der Waals surface area (Å²) in [6, 6.07) is 1.68. The zero-order chi connectivity index (χ0) is 11.5. The molecule has 1 aromatic heterocycles. The Balaban J connectivity index is 2.37. The maximum absolute atomic E-state index is 11.4. The molecule has 0 unspecified atom stereocenters. The lowest BCUT2D eigenvalue weighted by Crippen LogP contribution is -2.41. The summed E-state index contributed by atoms with van der Waals surface area (Å²) in [7, 11) is 0. The minimum absolute atomic E-state index is 0.0747. The molecule has 0 aliphatic rings. The molecule has 1 amide bonds. The van der Waals surface area contributed by atoms with E-state index in [0.717, 1.165) is 5.69 Å². The van der Waals surface area contributed by atoms with E-state index in [1.54, 1.807) is 13.0 Å². The summed E-state index contributed by atoms with van der Waals surface area (Å²) in [5.41, 5.74) is 0.670. The van der Waals surface area contributed by atoms with Gasteiger partial charge in [0, 0.05) is 11.6 Å². The van der Waals surface area contributed by atoms with Crippen molar-refractivity contribution in [3.63, 3.8) is 0 Å². The molecule has 0 aromatic carbocycles. The molecule has 0 radical (unpaired) electrons. The second kappa shape index (κ2) is 4.44. The van der Waals surface area contributed by atoms with Crippen LogP contribution in [0.3, 0.4) is 0 Å². The van der Waals surface area contributed by atoms with Gasteiger partial charge in [0.25, 0.3) is 0 Å². The molecule has 0 fully saturated rings. The molecular weight excluding hydrogens is 194 g/mol. The van der Waals surface area contributed by atoms with Crippen molar-refractivity contribution in [2.24, 2.45) is 0 Å². The molecule has 0 spiro atoms. The highest BCUT2D eigenvalue weighted by molar-refractivity contribution is 5.90. The maximum atomic E-state index is 11.4. The van der Waals surface area contributed by atoms with Gasteiger partial charge in [-0.2, -0.15) is 0 Å². The van der Waals surface area contributed by atoms with Gasteiger partial charge < -0.3 is 9.84 Å². The summed E-state index contributed by atoms with van der Waals surface area (Å²) >= 11 is 0. The van der Waals surface area contributed by atoms with E-state index < -0.39 is 0 Å². The lowest BCUT2D eigenvalue weighted by molar-refractivity contribution is -0.115. The predicted molar refractivity (Wildman–Crippen MR) is 57.6 cm³/mol. The second-order valence-electron chi connectivity index (χ2n) is 4.48. The van der Waals surface area contributed by atoms with E-state index >= 15 is 0 Å². The normalized spacial score (nSPS) is 11.5. The number of nitrogens with zero attached hydrogens (tertiary/aromatic N) is 1. The van der Waals surface area contributed by atoms with Crippen LogP contribution in [0.25, 0.3) is 0 Å². The van der Waals surface area contributed by atoms with Crippen molar-refractivity contribution < 1.29 is 9.32 Å². The predicted octanol–water partition coefficient (Wildman–Crippen LogP) is 1.31. The van der Waals surface area contributed by atoms with E-state index in [-0.39, 0.29) is 18.0 Å². The third-order valence-corrected chi connectivity index (χ3v) is 1.67. The summed E-state index contributed by atoms with van der Waals surface area (Å²) in [5, 5.41) is 9.35. The van der Waals surface area contributed by atoms with Crippen LogP contribution in [-0.2, 0) is 4.79 Å². The van der Waals surface area contributed by atoms with E-state index in [2.05, 4.69) is 15.8 Å². The smallest absolute Gasteiger partial charge is 0.240 e. The summed E-state index contributed by atoms with van der Waals surface area (Å²) in [6.07, 6.45) is 0. The molecule has 2 N–H and O–H groups in total. The average Bonchev–Trinajstić information content (AvgIpc) is 2.47. The molecule has 0 saturated carbocycles. The zero-order valence-electron chi connectivity index (χ0n) is 9.55. The van der Waals surface area contributed by atoms with Gasteiger partial charge in [-0.15, -0.1) is 0 Å². The number of nitrogens with one attached hydrogen (secondary N) is 2. The number of hydrogen-bond donors (Lipinski definition) is 2. The minimum atomic E-state index is -0.138. The highest BCUT2D eigenvalue weighted by atomic mass is 16.5. The quantitative estimate of drug-likeness (QED) is 0.791. The first-order valence-corrected chi connectivity index (χ1v) is 4.85. The monoisotopic (exact) mass is 211 g/mol. The molecular formula is C10H17N3O2. The van der Waals surface area contributed by atoms with Crippen molar-refractivity contribution in [2.45, 2.75) is 33.2 Å². The topological polar surface area (TPSA) is 67.2 Å². The molecule has 84 valence electrons. The second-order valence-corrected chi connectivity index (χ2v) is 4.48. The Labute approximate surface area is 89.2 Å². The van der Waals surface area contributed by atoms with Crippen LogP contribution in [0.5, 0.6) is 0 Å². The Hall–Kier alpha value is -1.36. The molecule has 1 aromatic rings. The van der Waals surface area contributed by atoms with Crippen LogP contribution in [0.1, 0.15) is 26.5 Å². The van der Waals surface area contributed by atoms with Crippen molar-refractivity contribution in [1.29, 1.82) is 0 Å². The first-order chi connectivity index (χ1) is 6.87.